The molecule has 1 aromatic carbocycles. The summed E-state index contributed by atoms with van der Waals surface area (Å²) in [7, 11) is 1.43. The molecule has 2 aromatic rings. The number of amides is 1. The Balaban J connectivity index is 2.36. The first kappa shape index (κ1) is 20.2. The highest BCUT2D eigenvalue weighted by molar-refractivity contribution is 6.32. The van der Waals surface area contributed by atoms with Crippen LogP contribution in [-0.4, -0.2) is 35.4 Å². The molecular formula is C16H18ClF3N4O2. The molecule has 0 aliphatic rings. The number of nitrogens with one attached hydrogen (secondary N) is 1. The molecule has 142 valence electrons. The second kappa shape index (κ2) is 8.07. The van der Waals surface area contributed by atoms with Gasteiger partial charge in [0.25, 0.3) is 0 Å². The highest BCUT2D eigenvalue weighted by Gasteiger charge is 2.31. The topological polar surface area (TPSA) is 82.2 Å². The monoisotopic (exact) mass is 390 g/mol. The number of carbonyl (C=O) groups excluding carboxylic acids is 1. The molecule has 0 aliphatic carbocycles. The molecule has 1 atom stereocenters. The van der Waals surface area contributed by atoms with Gasteiger partial charge in [0, 0.05) is 19.7 Å². The van der Waals surface area contributed by atoms with Crippen LogP contribution in [0, 0.1) is 6.92 Å². The summed E-state index contributed by atoms with van der Waals surface area (Å²) >= 11 is 6.05. The van der Waals surface area contributed by atoms with Crippen LogP contribution in [0.3, 0.4) is 0 Å². The fourth-order valence-electron chi connectivity index (χ4n) is 2.29. The first-order chi connectivity index (χ1) is 12.2. The Bertz CT molecular complexity index is 788. The number of benzene rings is 1. The van der Waals surface area contributed by atoms with Gasteiger partial charge in [-0.1, -0.05) is 11.6 Å². The smallest absolute Gasteiger partial charge is 0.380 e. The van der Waals surface area contributed by atoms with Gasteiger partial charge in [0.15, 0.2) is 0 Å². The van der Waals surface area contributed by atoms with Gasteiger partial charge in [-0.25, -0.2) is 4.68 Å². The van der Waals surface area contributed by atoms with E-state index in [4.69, 9.17) is 22.1 Å². The molecule has 1 unspecified atom stereocenters. The normalized spacial score (nSPS) is 12.9. The summed E-state index contributed by atoms with van der Waals surface area (Å²) < 4.78 is 45.2. The molecule has 0 saturated heterocycles. The maximum absolute atomic E-state index is 13.0. The Kier molecular flexibility index (Phi) is 6.27. The number of halogens is 4. The standard InChI is InChI=1S/C16H18ClF3N4O2/c1-9-5-14(22-15(25)7-11(8-21)26-2)24(23-9)13-6-10(16(18,19)20)3-4-12(13)17/h3-6,11H,7-8,21H2,1-2H3,(H,22,25). The Morgan fingerprint density at radius 1 is 1.42 bits per heavy atom. The Morgan fingerprint density at radius 2 is 2.12 bits per heavy atom. The molecule has 0 fully saturated rings. The van der Waals surface area contributed by atoms with Crippen LogP contribution in [0.2, 0.25) is 5.02 Å². The van der Waals surface area contributed by atoms with Gasteiger partial charge in [-0.3, -0.25) is 4.79 Å². The number of nitrogens with two attached hydrogens (primary N) is 1. The zero-order valence-electron chi connectivity index (χ0n) is 14.1. The van der Waals surface area contributed by atoms with Crippen molar-refractivity contribution >= 4 is 23.3 Å². The number of ether oxygens (including phenoxy) is 1. The van der Waals surface area contributed by atoms with E-state index in [1.54, 1.807) is 6.92 Å². The van der Waals surface area contributed by atoms with Crippen LogP contribution in [0.1, 0.15) is 17.7 Å². The molecule has 3 N–H and O–H groups in total. The number of aryl methyl sites for hydroxylation is 1. The van der Waals surface area contributed by atoms with Gasteiger partial charge < -0.3 is 15.8 Å². The lowest BCUT2D eigenvalue weighted by Gasteiger charge is -2.15. The predicted octanol–water partition coefficient (Wildman–Crippen LogP) is 3.16. The van der Waals surface area contributed by atoms with Gasteiger partial charge in [0.1, 0.15) is 5.82 Å². The molecule has 10 heteroatoms. The van der Waals surface area contributed by atoms with Gasteiger partial charge in [0.2, 0.25) is 5.91 Å². The lowest BCUT2D eigenvalue weighted by Crippen LogP contribution is -2.28. The van der Waals surface area contributed by atoms with Gasteiger partial charge >= 0.3 is 6.18 Å². The van der Waals surface area contributed by atoms with E-state index < -0.39 is 23.8 Å². The van der Waals surface area contributed by atoms with Crippen LogP contribution in [0.25, 0.3) is 5.69 Å². The van der Waals surface area contributed by atoms with Crippen molar-refractivity contribution in [2.75, 3.05) is 19.0 Å². The van der Waals surface area contributed by atoms with Gasteiger partial charge in [0.05, 0.1) is 34.5 Å². The van der Waals surface area contributed by atoms with Crippen molar-refractivity contribution in [2.45, 2.75) is 25.6 Å². The fourth-order valence-corrected chi connectivity index (χ4v) is 2.48. The second-order valence-corrected chi connectivity index (χ2v) is 6.00. The largest absolute Gasteiger partial charge is 0.416 e. The van der Waals surface area contributed by atoms with Crippen LogP contribution in [0.5, 0.6) is 0 Å². The number of rotatable bonds is 6. The molecule has 1 heterocycles. The van der Waals surface area contributed by atoms with E-state index in [-0.39, 0.29) is 29.5 Å². The van der Waals surface area contributed by atoms with Crippen molar-refractivity contribution in [3.63, 3.8) is 0 Å². The zero-order valence-corrected chi connectivity index (χ0v) is 14.9. The molecule has 0 aliphatic heterocycles. The third-order valence-electron chi connectivity index (χ3n) is 3.61. The summed E-state index contributed by atoms with van der Waals surface area (Å²) in [5.74, 6) is -0.216. The van der Waals surface area contributed by atoms with Crippen LogP contribution in [0.4, 0.5) is 19.0 Å². The number of methoxy groups -OCH3 is 1. The Morgan fingerprint density at radius 3 is 2.69 bits per heavy atom. The van der Waals surface area contributed by atoms with E-state index in [0.717, 1.165) is 22.9 Å². The van der Waals surface area contributed by atoms with Crippen molar-refractivity contribution in [3.8, 4) is 5.69 Å². The predicted molar refractivity (Wildman–Crippen MR) is 91.4 cm³/mol. The highest BCUT2D eigenvalue weighted by Crippen LogP contribution is 2.34. The first-order valence-electron chi connectivity index (χ1n) is 7.62. The minimum Gasteiger partial charge on any atom is -0.380 e. The van der Waals surface area contributed by atoms with Crippen molar-refractivity contribution in [1.82, 2.24) is 9.78 Å². The molecule has 1 aromatic heterocycles. The fraction of sp³-hybridized carbons (Fsp3) is 0.375. The minimum atomic E-state index is -4.53. The molecule has 2 rings (SSSR count). The summed E-state index contributed by atoms with van der Waals surface area (Å²) in [6.07, 6.45) is -5.00. The third-order valence-corrected chi connectivity index (χ3v) is 3.93. The van der Waals surface area contributed by atoms with Gasteiger partial charge in [-0.05, 0) is 25.1 Å². The van der Waals surface area contributed by atoms with Crippen molar-refractivity contribution in [3.05, 3.63) is 40.5 Å². The number of carbonyl (C=O) groups is 1. The highest BCUT2D eigenvalue weighted by atomic mass is 35.5. The van der Waals surface area contributed by atoms with E-state index >= 15 is 0 Å². The van der Waals surface area contributed by atoms with Crippen molar-refractivity contribution in [1.29, 1.82) is 0 Å². The number of alkyl halides is 3. The van der Waals surface area contributed by atoms with E-state index in [9.17, 15) is 18.0 Å². The molecule has 0 saturated carbocycles. The number of hydrogen-bond donors (Lipinski definition) is 2. The molecule has 6 nitrogen and oxygen atoms in total. The summed E-state index contributed by atoms with van der Waals surface area (Å²) in [5, 5.41) is 6.80. The number of hydrogen-bond acceptors (Lipinski definition) is 4. The number of aromatic nitrogens is 2. The lowest BCUT2D eigenvalue weighted by molar-refractivity contribution is -0.137. The molecule has 0 radical (unpaired) electrons. The van der Waals surface area contributed by atoms with Crippen LogP contribution in [0.15, 0.2) is 24.3 Å². The quantitative estimate of drug-likeness (QED) is 0.793. The molecule has 1 amide bonds. The van der Waals surface area contributed by atoms with Crippen LogP contribution < -0.4 is 11.1 Å². The summed E-state index contributed by atoms with van der Waals surface area (Å²) in [6.45, 7) is 1.80. The Labute approximate surface area is 153 Å². The average Bonchev–Trinajstić information content (AvgIpc) is 2.92. The van der Waals surface area contributed by atoms with Gasteiger partial charge in [-0.15, -0.1) is 0 Å². The minimum absolute atomic E-state index is 0.00640. The van der Waals surface area contributed by atoms with Crippen LogP contribution >= 0.6 is 11.6 Å². The summed E-state index contributed by atoms with van der Waals surface area (Å²) in [4.78, 5) is 12.1. The summed E-state index contributed by atoms with van der Waals surface area (Å²) in [5.41, 5.74) is 5.11. The second-order valence-electron chi connectivity index (χ2n) is 5.59. The molecule has 0 bridgehead atoms. The molecule has 26 heavy (non-hydrogen) atoms. The van der Waals surface area contributed by atoms with E-state index in [0.29, 0.717) is 5.69 Å². The molecule has 0 spiro atoms. The molecular weight excluding hydrogens is 373 g/mol. The first-order valence-corrected chi connectivity index (χ1v) is 8.00. The van der Waals surface area contributed by atoms with E-state index in [1.165, 1.54) is 13.2 Å². The van der Waals surface area contributed by atoms with Crippen molar-refractivity contribution in [2.24, 2.45) is 5.73 Å². The number of nitrogens with zero attached hydrogens (tertiary/aromatic N) is 2. The van der Waals surface area contributed by atoms with Crippen LogP contribution in [-0.2, 0) is 15.7 Å². The number of anilines is 1. The van der Waals surface area contributed by atoms with Crippen molar-refractivity contribution < 1.29 is 22.7 Å². The maximum Gasteiger partial charge on any atom is 0.416 e. The zero-order chi connectivity index (χ0) is 19.5. The lowest BCUT2D eigenvalue weighted by atomic mass is 10.2. The Hall–Kier alpha value is -2.10. The average molecular weight is 391 g/mol. The summed E-state index contributed by atoms with van der Waals surface area (Å²) in [6, 6.07) is 4.42. The van der Waals surface area contributed by atoms with Gasteiger partial charge in [-0.2, -0.15) is 18.3 Å². The maximum atomic E-state index is 13.0. The SMILES string of the molecule is COC(CN)CC(=O)Nc1cc(C)nn1-c1cc(C(F)(F)F)ccc1Cl. The third kappa shape index (κ3) is 4.75. The van der Waals surface area contributed by atoms with E-state index in [2.05, 4.69) is 10.4 Å². The van der Waals surface area contributed by atoms with E-state index in [1.807, 2.05) is 0 Å².